The molecule has 132 valence electrons. The van der Waals surface area contributed by atoms with Gasteiger partial charge in [-0.2, -0.15) is 0 Å². The van der Waals surface area contributed by atoms with Crippen molar-refractivity contribution in [1.29, 1.82) is 0 Å². The van der Waals surface area contributed by atoms with E-state index in [0.717, 1.165) is 10.8 Å². The topological polar surface area (TPSA) is 114 Å². The Morgan fingerprint density at radius 3 is 2.65 bits per heavy atom. The maximum atomic E-state index is 12.4. The fraction of sp³-hybridized carbons (Fsp3) is 0.0625. The van der Waals surface area contributed by atoms with E-state index in [1.165, 1.54) is 30.4 Å². The number of nitrogens with one attached hydrogen (secondary N) is 2. The van der Waals surface area contributed by atoms with Gasteiger partial charge in [-0.25, -0.2) is 4.98 Å². The lowest BCUT2D eigenvalue weighted by molar-refractivity contribution is -0.385. The zero-order chi connectivity index (χ0) is 18.8. The average molecular weight is 391 g/mol. The monoisotopic (exact) mass is 390 g/mol. The first-order valence-corrected chi connectivity index (χ1v) is 8.46. The van der Waals surface area contributed by atoms with Gasteiger partial charge >= 0.3 is 0 Å². The van der Waals surface area contributed by atoms with Crippen molar-refractivity contribution >= 4 is 61.5 Å². The zero-order valence-electron chi connectivity index (χ0n) is 13.3. The lowest BCUT2D eigenvalue weighted by atomic mass is 10.1. The molecule has 0 fully saturated rings. The van der Waals surface area contributed by atoms with Crippen LogP contribution in [0.15, 0.2) is 36.4 Å². The number of nitrogens with zero attached hydrogens (tertiary/aromatic N) is 2. The second-order valence-electron chi connectivity index (χ2n) is 5.26. The third-order valence-corrected chi connectivity index (χ3v) is 4.50. The van der Waals surface area contributed by atoms with Crippen LogP contribution in [0.25, 0.3) is 10.2 Å². The Hall–Kier alpha value is -3.04. The normalized spacial score (nSPS) is 10.5. The van der Waals surface area contributed by atoms with E-state index in [2.05, 4.69) is 15.6 Å². The van der Waals surface area contributed by atoms with Gasteiger partial charge in [0.15, 0.2) is 5.13 Å². The maximum absolute atomic E-state index is 12.4. The molecule has 3 aromatic rings. The minimum Gasteiger partial charge on any atom is -0.326 e. The summed E-state index contributed by atoms with van der Waals surface area (Å²) in [5.41, 5.74) is 0.742. The Kier molecular flexibility index (Phi) is 4.83. The van der Waals surface area contributed by atoms with E-state index >= 15 is 0 Å². The number of nitro groups is 1. The number of carbonyl (C=O) groups is 2. The van der Waals surface area contributed by atoms with Crippen molar-refractivity contribution < 1.29 is 14.5 Å². The number of hydrogen-bond acceptors (Lipinski definition) is 6. The lowest BCUT2D eigenvalue weighted by Crippen LogP contribution is -2.13. The van der Waals surface area contributed by atoms with E-state index in [1.807, 2.05) is 0 Å². The molecule has 0 saturated heterocycles. The molecule has 2 amide bonds. The molecule has 2 N–H and O–H groups in total. The third-order valence-electron chi connectivity index (χ3n) is 3.33. The first kappa shape index (κ1) is 17.8. The third kappa shape index (κ3) is 3.79. The molecule has 1 aromatic heterocycles. The Morgan fingerprint density at radius 2 is 1.96 bits per heavy atom. The zero-order valence-corrected chi connectivity index (χ0v) is 14.9. The number of rotatable bonds is 4. The summed E-state index contributed by atoms with van der Waals surface area (Å²) in [6.45, 7) is 1.40. The van der Waals surface area contributed by atoms with Crippen molar-refractivity contribution in [3.05, 3.63) is 57.1 Å². The van der Waals surface area contributed by atoms with Gasteiger partial charge in [-0.3, -0.25) is 25.0 Å². The molecule has 0 radical (unpaired) electrons. The van der Waals surface area contributed by atoms with Crippen LogP contribution in [0, 0.1) is 10.1 Å². The Morgan fingerprint density at radius 1 is 1.19 bits per heavy atom. The van der Waals surface area contributed by atoms with Gasteiger partial charge in [0.2, 0.25) is 5.91 Å². The fourth-order valence-electron chi connectivity index (χ4n) is 2.27. The smallest absolute Gasteiger partial charge is 0.283 e. The average Bonchev–Trinajstić information content (AvgIpc) is 2.95. The highest BCUT2D eigenvalue weighted by atomic mass is 35.5. The molecular weight excluding hydrogens is 380 g/mol. The molecule has 0 aliphatic carbocycles. The van der Waals surface area contributed by atoms with Crippen molar-refractivity contribution in [2.75, 3.05) is 10.6 Å². The number of nitro benzene ring substituents is 1. The second-order valence-corrected chi connectivity index (χ2v) is 6.72. The van der Waals surface area contributed by atoms with E-state index in [1.54, 1.807) is 18.2 Å². The van der Waals surface area contributed by atoms with Crippen molar-refractivity contribution in [3.8, 4) is 0 Å². The van der Waals surface area contributed by atoms with Gasteiger partial charge in [-0.15, -0.1) is 0 Å². The largest absolute Gasteiger partial charge is 0.326 e. The molecule has 1 heterocycles. The number of thiazole rings is 1. The Labute approximate surface area is 156 Å². The number of benzene rings is 2. The van der Waals surface area contributed by atoms with Gasteiger partial charge < -0.3 is 5.32 Å². The van der Waals surface area contributed by atoms with Crippen LogP contribution < -0.4 is 10.6 Å². The van der Waals surface area contributed by atoms with Crippen LogP contribution in [-0.4, -0.2) is 21.7 Å². The van der Waals surface area contributed by atoms with Gasteiger partial charge in [0.05, 0.1) is 15.1 Å². The van der Waals surface area contributed by atoms with Gasteiger partial charge in [0.25, 0.3) is 11.6 Å². The number of anilines is 2. The van der Waals surface area contributed by atoms with Crippen molar-refractivity contribution in [2.45, 2.75) is 6.92 Å². The summed E-state index contributed by atoms with van der Waals surface area (Å²) in [5, 5.41) is 16.8. The molecule has 10 heteroatoms. The van der Waals surface area contributed by atoms with Gasteiger partial charge in [0.1, 0.15) is 5.56 Å². The fourth-order valence-corrected chi connectivity index (χ4v) is 3.34. The Bertz CT molecular complexity index is 1050. The molecule has 2 aromatic carbocycles. The predicted molar refractivity (Wildman–Crippen MR) is 100.0 cm³/mol. The molecule has 0 unspecified atom stereocenters. The van der Waals surface area contributed by atoms with E-state index < -0.39 is 10.8 Å². The lowest BCUT2D eigenvalue weighted by Gasteiger charge is -2.03. The first-order chi connectivity index (χ1) is 12.3. The standard InChI is InChI=1S/C16H11ClN4O4S/c1-8(22)18-10-3-5-12-14(7-10)26-16(19-12)20-15(23)11-4-2-9(17)6-13(11)21(24)25/h2-7H,1H3,(H,18,22)(H,19,20,23). The number of aromatic nitrogens is 1. The van der Waals surface area contributed by atoms with Gasteiger partial charge in [-0.1, -0.05) is 22.9 Å². The molecule has 0 atom stereocenters. The van der Waals surface area contributed by atoms with E-state index in [4.69, 9.17) is 11.6 Å². The summed E-state index contributed by atoms with van der Waals surface area (Å²) in [4.78, 5) is 38.2. The first-order valence-electron chi connectivity index (χ1n) is 7.27. The maximum Gasteiger partial charge on any atom is 0.283 e. The minimum atomic E-state index is -0.668. The summed E-state index contributed by atoms with van der Waals surface area (Å²) in [6, 6.07) is 8.94. The predicted octanol–water partition coefficient (Wildman–Crippen LogP) is 4.07. The number of carbonyl (C=O) groups excluding carboxylic acids is 2. The molecule has 8 nitrogen and oxygen atoms in total. The molecule has 0 bridgehead atoms. The highest BCUT2D eigenvalue weighted by molar-refractivity contribution is 7.22. The quantitative estimate of drug-likeness (QED) is 0.514. The summed E-state index contributed by atoms with van der Waals surface area (Å²) >= 11 is 6.94. The second kappa shape index (κ2) is 7.06. The number of amides is 2. The van der Waals surface area contributed by atoms with E-state index in [-0.39, 0.29) is 27.3 Å². The summed E-state index contributed by atoms with van der Waals surface area (Å²) < 4.78 is 0.747. The minimum absolute atomic E-state index is 0.113. The van der Waals surface area contributed by atoms with Crippen LogP contribution in [0.4, 0.5) is 16.5 Å². The highest BCUT2D eigenvalue weighted by Gasteiger charge is 2.21. The van der Waals surface area contributed by atoms with Gasteiger partial charge in [-0.05, 0) is 30.3 Å². The highest BCUT2D eigenvalue weighted by Crippen LogP contribution is 2.30. The summed E-state index contributed by atoms with van der Waals surface area (Å²) in [5.74, 6) is -0.855. The van der Waals surface area contributed by atoms with E-state index in [0.29, 0.717) is 11.2 Å². The number of halogens is 1. The van der Waals surface area contributed by atoms with Crippen molar-refractivity contribution in [3.63, 3.8) is 0 Å². The van der Waals surface area contributed by atoms with Crippen LogP contribution >= 0.6 is 22.9 Å². The number of fused-ring (bicyclic) bond motifs is 1. The molecule has 0 spiro atoms. The summed E-state index contributed by atoms with van der Waals surface area (Å²) in [7, 11) is 0. The number of hydrogen-bond donors (Lipinski definition) is 2. The molecule has 0 aliphatic rings. The van der Waals surface area contributed by atoms with Crippen LogP contribution in [0.1, 0.15) is 17.3 Å². The van der Waals surface area contributed by atoms with Crippen LogP contribution in [0.2, 0.25) is 5.02 Å². The summed E-state index contributed by atoms with van der Waals surface area (Å²) in [6.07, 6.45) is 0. The van der Waals surface area contributed by atoms with Crippen molar-refractivity contribution in [2.24, 2.45) is 0 Å². The van der Waals surface area contributed by atoms with E-state index in [9.17, 15) is 19.7 Å². The molecule has 0 aliphatic heterocycles. The van der Waals surface area contributed by atoms with Gasteiger partial charge in [0, 0.05) is 23.7 Å². The molecule has 26 heavy (non-hydrogen) atoms. The molecule has 3 rings (SSSR count). The molecule has 0 saturated carbocycles. The molecular formula is C16H11ClN4O4S. The van der Waals surface area contributed by atoms with Crippen LogP contribution in [0.5, 0.6) is 0 Å². The van der Waals surface area contributed by atoms with Crippen LogP contribution in [-0.2, 0) is 4.79 Å². The van der Waals surface area contributed by atoms with Crippen molar-refractivity contribution in [1.82, 2.24) is 4.98 Å². The Balaban J connectivity index is 1.88. The van der Waals surface area contributed by atoms with Crippen LogP contribution in [0.3, 0.4) is 0 Å². The SMILES string of the molecule is CC(=O)Nc1ccc2nc(NC(=O)c3ccc(Cl)cc3[N+](=O)[O-])sc2c1.